The molecule has 1 aliphatic carbocycles. The van der Waals surface area contributed by atoms with Gasteiger partial charge >= 0.3 is 7.48 Å². The number of hydrogen-bond acceptors (Lipinski definition) is 3. The van der Waals surface area contributed by atoms with Crippen LogP contribution in [0, 0.1) is 0 Å². The Bertz CT molecular complexity index is 1510. The minimum atomic E-state index is 0.0187. The Morgan fingerprint density at radius 1 is 0.812 bits per heavy atom. The third kappa shape index (κ3) is 3.26. The molecule has 4 nitrogen and oxygen atoms in total. The van der Waals surface area contributed by atoms with E-state index in [1.54, 1.807) is 0 Å². The summed E-state index contributed by atoms with van der Waals surface area (Å²) in [5, 5.41) is 14.2. The predicted molar refractivity (Wildman–Crippen MR) is 136 cm³/mol. The van der Waals surface area contributed by atoms with Gasteiger partial charge in [0.25, 0.3) is 0 Å². The van der Waals surface area contributed by atoms with Crippen LogP contribution in [-0.4, -0.2) is 40.7 Å². The third-order valence-electron chi connectivity index (χ3n) is 6.17. The summed E-state index contributed by atoms with van der Waals surface area (Å²) in [7, 11) is 8.16. The fourth-order valence-electron chi connectivity index (χ4n) is 4.44. The van der Waals surface area contributed by atoms with Crippen molar-refractivity contribution < 1.29 is 9.44 Å². The zero-order valence-corrected chi connectivity index (χ0v) is 18.9. The Kier molecular flexibility index (Phi) is 4.99. The Morgan fingerprint density at radius 3 is 2.34 bits per heavy atom. The second-order valence-corrected chi connectivity index (χ2v) is 8.60. The second-order valence-electron chi connectivity index (χ2n) is 8.60. The Morgan fingerprint density at radius 2 is 1.59 bits per heavy atom. The van der Waals surface area contributed by atoms with Gasteiger partial charge in [-0.3, -0.25) is 0 Å². The lowest BCUT2D eigenvalue weighted by Gasteiger charge is -2.19. The molecule has 0 spiro atoms. The lowest BCUT2D eigenvalue weighted by Crippen LogP contribution is -2.21. The van der Waals surface area contributed by atoms with Gasteiger partial charge in [0.2, 0.25) is 5.36 Å². The number of benzene rings is 4. The molecular weight excluding hydrogens is 395 g/mol. The van der Waals surface area contributed by atoms with Crippen molar-refractivity contribution in [2.75, 3.05) is 33.1 Å². The van der Waals surface area contributed by atoms with Crippen LogP contribution < -0.4 is 20.3 Å². The largest absolute Gasteiger partial charge is 0.456 e. The normalized spacial score (nSPS) is 11.3. The van der Waals surface area contributed by atoms with Gasteiger partial charge in [-0.05, 0) is 40.0 Å². The Labute approximate surface area is 188 Å². The smallest absolute Gasteiger partial charge is 0.305 e. The third-order valence-corrected chi connectivity index (χ3v) is 6.17. The summed E-state index contributed by atoms with van der Waals surface area (Å²) in [6, 6.07) is 25.2. The minimum absolute atomic E-state index is 0.0187. The van der Waals surface area contributed by atoms with Gasteiger partial charge in [0.05, 0.1) is 6.07 Å². The molecule has 3 aromatic carbocycles. The maximum Gasteiger partial charge on any atom is 0.305 e. The van der Waals surface area contributed by atoms with E-state index in [0.717, 1.165) is 60.7 Å². The standard InChI is InChI=1S/C27H26BN2O2/c1-29(2)17-11-13-22-25(15-17)32-26-16-18(30(3)4)12-14-23(26)27(22)21-9-5-8-20-19(21)7-6-10-24(20)28-31/h5-16,28,31H,1-4H3/q+1. The van der Waals surface area contributed by atoms with Crippen LogP contribution in [0.2, 0.25) is 0 Å². The van der Waals surface area contributed by atoms with Crippen molar-refractivity contribution in [3.8, 4) is 22.5 Å². The molecule has 0 atom stereocenters. The highest BCUT2D eigenvalue weighted by Crippen LogP contribution is 2.42. The van der Waals surface area contributed by atoms with Gasteiger partial charge in [0.1, 0.15) is 25.4 Å². The van der Waals surface area contributed by atoms with Crippen molar-refractivity contribution in [3.05, 3.63) is 78.2 Å². The summed E-state index contributed by atoms with van der Waals surface area (Å²) < 4.78 is 8.54. The van der Waals surface area contributed by atoms with Gasteiger partial charge in [-0.25, -0.2) is 4.58 Å². The van der Waals surface area contributed by atoms with Crippen molar-refractivity contribution in [1.82, 2.24) is 4.58 Å². The maximum atomic E-state index is 9.88. The predicted octanol–water partition coefficient (Wildman–Crippen LogP) is 3.42. The first kappa shape index (κ1) is 20.3. The van der Waals surface area contributed by atoms with E-state index in [1.165, 1.54) is 0 Å². The van der Waals surface area contributed by atoms with Gasteiger partial charge < -0.3 is 14.3 Å². The molecule has 158 valence electrons. The number of anilines is 1. The van der Waals surface area contributed by atoms with Crippen molar-refractivity contribution in [2.24, 2.45) is 0 Å². The number of fused-ring (bicyclic) bond motifs is 3. The molecule has 0 fully saturated rings. The molecule has 0 bridgehead atoms. The minimum Gasteiger partial charge on any atom is -0.456 e. The summed E-state index contributed by atoms with van der Waals surface area (Å²) >= 11 is 0. The highest BCUT2D eigenvalue weighted by Gasteiger charge is 2.20. The quantitative estimate of drug-likeness (QED) is 0.276. The Hall–Kier alpha value is -3.57. The van der Waals surface area contributed by atoms with E-state index in [0.29, 0.717) is 0 Å². The van der Waals surface area contributed by atoms with Crippen LogP contribution in [0.3, 0.4) is 0 Å². The summed E-state index contributed by atoms with van der Waals surface area (Å²) in [6.45, 7) is 0. The zero-order valence-electron chi connectivity index (χ0n) is 18.9. The average molecular weight is 421 g/mol. The molecule has 32 heavy (non-hydrogen) atoms. The molecule has 0 radical (unpaired) electrons. The average Bonchev–Trinajstić information content (AvgIpc) is 2.80. The van der Waals surface area contributed by atoms with Crippen LogP contribution >= 0.6 is 0 Å². The fourth-order valence-corrected chi connectivity index (χ4v) is 4.44. The molecule has 0 saturated heterocycles. The van der Waals surface area contributed by atoms with Crippen molar-refractivity contribution >= 4 is 40.4 Å². The molecule has 1 N–H and O–H groups in total. The van der Waals surface area contributed by atoms with Crippen LogP contribution in [0.5, 0.6) is 0 Å². The lowest BCUT2D eigenvalue weighted by atomic mass is 9.82. The zero-order chi connectivity index (χ0) is 22.4. The van der Waals surface area contributed by atoms with Crippen LogP contribution in [0.4, 0.5) is 5.69 Å². The van der Waals surface area contributed by atoms with Gasteiger partial charge in [-0.15, -0.1) is 0 Å². The lowest BCUT2D eigenvalue weighted by molar-refractivity contribution is 0.615. The van der Waals surface area contributed by atoms with E-state index < -0.39 is 0 Å². The summed E-state index contributed by atoms with van der Waals surface area (Å²) in [4.78, 5) is 2.08. The highest BCUT2D eigenvalue weighted by molar-refractivity contribution is 6.50. The maximum absolute atomic E-state index is 9.88. The molecule has 0 amide bonds. The summed E-state index contributed by atoms with van der Waals surface area (Å²) in [5.74, 6) is 0.852. The molecule has 0 aromatic heterocycles. The molecule has 3 aromatic rings. The van der Waals surface area contributed by atoms with Crippen LogP contribution in [-0.2, 0) is 0 Å². The van der Waals surface area contributed by atoms with E-state index in [2.05, 4.69) is 70.1 Å². The monoisotopic (exact) mass is 421 g/mol. The summed E-state index contributed by atoms with van der Waals surface area (Å²) in [5.41, 5.74) is 6.24. The van der Waals surface area contributed by atoms with Crippen LogP contribution in [0.25, 0.3) is 44.2 Å². The second kappa shape index (κ2) is 7.84. The highest BCUT2D eigenvalue weighted by atomic mass is 16.3. The fraction of sp³-hybridized carbons (Fsp3) is 0.148. The SMILES string of the molecule is CN(C)c1ccc2c(-c3cccc4c(BO)cccc34)c3ccc(=[N+](C)C)cc-3oc2c1. The van der Waals surface area contributed by atoms with E-state index in [-0.39, 0.29) is 7.48 Å². The van der Waals surface area contributed by atoms with Crippen LogP contribution in [0.15, 0.2) is 77.2 Å². The van der Waals surface area contributed by atoms with Crippen LogP contribution in [0.1, 0.15) is 0 Å². The van der Waals surface area contributed by atoms with Gasteiger partial charge in [0, 0.05) is 48.4 Å². The first-order chi connectivity index (χ1) is 15.5. The first-order valence-electron chi connectivity index (χ1n) is 10.8. The molecule has 1 heterocycles. The molecule has 0 saturated carbocycles. The summed E-state index contributed by atoms with van der Waals surface area (Å²) in [6.07, 6.45) is 0. The Balaban J connectivity index is 1.96. The molecule has 2 aliphatic rings. The van der Waals surface area contributed by atoms with Crippen molar-refractivity contribution in [2.45, 2.75) is 0 Å². The first-order valence-corrected chi connectivity index (χ1v) is 10.8. The number of hydrogen-bond donors (Lipinski definition) is 1. The molecule has 5 heteroatoms. The van der Waals surface area contributed by atoms with E-state index in [9.17, 15) is 5.02 Å². The molecule has 0 unspecified atom stereocenters. The van der Waals surface area contributed by atoms with E-state index in [4.69, 9.17) is 4.42 Å². The number of nitrogens with zero attached hydrogens (tertiary/aromatic N) is 2. The topological polar surface area (TPSA) is 39.6 Å². The number of rotatable bonds is 3. The van der Waals surface area contributed by atoms with Gasteiger partial charge in [-0.2, -0.15) is 0 Å². The molecule has 1 aliphatic heterocycles. The van der Waals surface area contributed by atoms with E-state index in [1.807, 2.05) is 40.3 Å². The van der Waals surface area contributed by atoms with Crippen molar-refractivity contribution in [3.63, 3.8) is 0 Å². The molecule has 5 rings (SSSR count). The van der Waals surface area contributed by atoms with Crippen molar-refractivity contribution in [1.29, 1.82) is 0 Å². The van der Waals surface area contributed by atoms with Gasteiger partial charge in [0.15, 0.2) is 0 Å². The van der Waals surface area contributed by atoms with E-state index >= 15 is 0 Å². The molecular formula is C27H26BN2O2+. The van der Waals surface area contributed by atoms with Gasteiger partial charge in [-0.1, -0.05) is 36.4 Å².